The van der Waals surface area contributed by atoms with Crippen molar-refractivity contribution in [3.8, 4) is 0 Å². The summed E-state index contributed by atoms with van der Waals surface area (Å²) in [5, 5.41) is 0. The monoisotopic (exact) mass is 389 g/mol. The summed E-state index contributed by atoms with van der Waals surface area (Å²) < 4.78 is 66.7. The molecule has 0 aromatic rings. The number of ether oxygens (including phenoxy) is 1. The first-order chi connectivity index (χ1) is 11.6. The lowest BCUT2D eigenvalue weighted by Gasteiger charge is -2.08. The second-order valence-corrected chi connectivity index (χ2v) is 7.51. The zero-order valence-electron chi connectivity index (χ0n) is 15.1. The molecule has 0 bridgehead atoms. The highest BCUT2D eigenvalue weighted by Crippen LogP contribution is 2.20. The molecule has 9 heteroatoms. The van der Waals surface area contributed by atoms with Gasteiger partial charge in [-0.2, -0.15) is 13.2 Å². The maximum atomic E-state index is 10.7. The molecular weight excluding hydrogens is 359 g/mol. The van der Waals surface area contributed by atoms with Crippen LogP contribution in [0.1, 0.15) is 71.1 Å². The summed E-state index contributed by atoms with van der Waals surface area (Å²) in [6.45, 7) is 4.25. The Balaban J connectivity index is 0.000000609. The summed E-state index contributed by atoms with van der Waals surface area (Å²) in [6.07, 6.45) is 13.7. The van der Waals surface area contributed by atoms with Crippen LogP contribution >= 0.6 is 0 Å². The van der Waals surface area contributed by atoms with Crippen molar-refractivity contribution in [3.63, 3.8) is 0 Å². The molecule has 0 aliphatic carbocycles. The lowest BCUT2D eigenvalue weighted by Crippen LogP contribution is -2.21. The maximum Gasteiger partial charge on any atom is 0.485 e. The van der Waals surface area contributed by atoms with Gasteiger partial charge in [0.1, 0.15) is 7.05 Å². The Morgan fingerprint density at radius 3 is 1.84 bits per heavy atom. The smallest absolute Gasteiger partial charge is 0.485 e. The summed E-state index contributed by atoms with van der Waals surface area (Å²) in [5.74, 6) is 1.22. The van der Waals surface area contributed by atoms with Crippen LogP contribution in [0.15, 0.2) is 0 Å². The van der Waals surface area contributed by atoms with Crippen molar-refractivity contribution in [2.24, 2.45) is 0 Å². The molecule has 1 rings (SSSR count). The molecule has 0 unspecified atom stereocenters. The minimum absolute atomic E-state index is 0.892. The summed E-state index contributed by atoms with van der Waals surface area (Å²) in [6, 6.07) is 0. The Kier molecular flexibility index (Phi) is 12.1. The third-order valence-corrected chi connectivity index (χ3v) is 4.47. The van der Waals surface area contributed by atoms with Gasteiger partial charge in [0, 0.05) is 0 Å². The fraction of sp³-hybridized carbons (Fsp3) is 0.938. The highest BCUT2D eigenvalue weighted by atomic mass is 32.2. The third kappa shape index (κ3) is 12.2. The van der Waals surface area contributed by atoms with Crippen molar-refractivity contribution in [1.82, 2.24) is 0 Å². The standard InChI is InChI=1S/C15H30NO.CHF3O3S/c1-3-4-5-6-7-8-9-10-11-12-15-16(2)13-14-17-15;2-1(3,4)8(5,6)7/h3-14H2,1-2H3;(H,5,6,7)/q+1;/p-1. The zero-order chi connectivity index (χ0) is 19.3. The number of unbranched alkanes of at least 4 members (excludes halogenated alkanes) is 8. The molecule has 1 aliphatic rings. The molecule has 0 fully saturated rings. The Morgan fingerprint density at radius 2 is 1.48 bits per heavy atom. The van der Waals surface area contributed by atoms with Crippen molar-refractivity contribution in [1.29, 1.82) is 0 Å². The fourth-order valence-electron chi connectivity index (χ4n) is 2.39. The quantitative estimate of drug-likeness (QED) is 0.245. The normalized spacial score (nSPS) is 15.0. The largest absolute Gasteiger partial charge is 0.741 e. The average molecular weight is 389 g/mol. The predicted octanol–water partition coefficient (Wildman–Crippen LogP) is 4.03. The topological polar surface area (TPSA) is 69.4 Å². The number of alkyl halides is 3. The van der Waals surface area contributed by atoms with E-state index in [-0.39, 0.29) is 0 Å². The van der Waals surface area contributed by atoms with Crippen LogP contribution in [0.3, 0.4) is 0 Å². The number of hydrogen-bond acceptors (Lipinski definition) is 4. The number of rotatable bonds is 10. The van der Waals surface area contributed by atoms with Crippen molar-refractivity contribution in [2.75, 3.05) is 20.2 Å². The highest BCUT2D eigenvalue weighted by Gasteiger charge is 2.36. The molecule has 0 N–H and O–H groups in total. The summed E-state index contributed by atoms with van der Waals surface area (Å²) in [4.78, 5) is 0. The van der Waals surface area contributed by atoms with E-state index < -0.39 is 15.6 Å². The van der Waals surface area contributed by atoms with Gasteiger partial charge in [0.25, 0.3) is 0 Å². The van der Waals surface area contributed by atoms with Crippen LogP contribution in [0.2, 0.25) is 0 Å². The number of likely N-dealkylation sites (N-methyl/N-ethyl adjacent to an activating group) is 1. The molecule has 150 valence electrons. The van der Waals surface area contributed by atoms with Gasteiger partial charge in [0.2, 0.25) is 0 Å². The Labute approximate surface area is 149 Å². The number of hydrogen-bond donors (Lipinski definition) is 0. The van der Waals surface area contributed by atoms with Crippen LogP contribution in [0.25, 0.3) is 0 Å². The van der Waals surface area contributed by atoms with E-state index in [1.165, 1.54) is 63.7 Å². The van der Waals surface area contributed by atoms with Crippen molar-refractivity contribution < 1.29 is 35.5 Å². The molecular formula is C16H30F3NO4S. The minimum atomic E-state index is -6.09. The van der Waals surface area contributed by atoms with E-state index in [0.29, 0.717) is 0 Å². The molecule has 25 heavy (non-hydrogen) atoms. The molecule has 0 atom stereocenters. The van der Waals surface area contributed by atoms with Crippen LogP contribution in [0.5, 0.6) is 0 Å². The van der Waals surface area contributed by atoms with E-state index in [1.807, 2.05) is 0 Å². The summed E-state index contributed by atoms with van der Waals surface area (Å²) in [5.41, 5.74) is -5.65. The van der Waals surface area contributed by atoms with E-state index in [2.05, 4.69) is 18.5 Å². The molecule has 0 spiro atoms. The van der Waals surface area contributed by atoms with Gasteiger partial charge < -0.3 is 9.29 Å². The Bertz CT molecular complexity index is 490. The zero-order valence-corrected chi connectivity index (χ0v) is 15.9. The fourth-order valence-corrected chi connectivity index (χ4v) is 2.39. The van der Waals surface area contributed by atoms with Gasteiger partial charge in [-0.1, -0.05) is 58.3 Å². The van der Waals surface area contributed by atoms with Gasteiger partial charge in [0.15, 0.2) is 23.3 Å². The molecule has 1 aliphatic heterocycles. The molecule has 0 aromatic carbocycles. The second kappa shape index (κ2) is 12.5. The van der Waals surface area contributed by atoms with E-state index >= 15 is 0 Å². The molecule has 1 heterocycles. The SMILES string of the molecule is CCCCCCCCCCCC1=[N+](C)CCO1.O=S(=O)([O-])C(F)(F)F. The van der Waals surface area contributed by atoms with E-state index in [4.69, 9.17) is 17.7 Å². The van der Waals surface area contributed by atoms with Crippen molar-refractivity contribution in [3.05, 3.63) is 0 Å². The van der Waals surface area contributed by atoms with E-state index in [9.17, 15) is 13.2 Å². The van der Waals surface area contributed by atoms with Crippen LogP contribution in [-0.4, -0.2) is 49.2 Å². The first-order valence-corrected chi connectivity index (χ1v) is 10.2. The molecule has 0 amide bonds. The maximum absolute atomic E-state index is 10.7. The Hall–Kier alpha value is -0.830. The van der Waals surface area contributed by atoms with Gasteiger partial charge in [0.05, 0.1) is 6.42 Å². The van der Waals surface area contributed by atoms with Crippen LogP contribution < -0.4 is 0 Å². The van der Waals surface area contributed by atoms with E-state index in [1.54, 1.807) is 0 Å². The van der Waals surface area contributed by atoms with Gasteiger partial charge >= 0.3 is 11.4 Å². The average Bonchev–Trinajstić information content (AvgIpc) is 2.89. The summed E-state index contributed by atoms with van der Waals surface area (Å²) >= 11 is 0. The van der Waals surface area contributed by atoms with Gasteiger partial charge in [-0.3, -0.25) is 0 Å². The Morgan fingerprint density at radius 1 is 1.04 bits per heavy atom. The van der Waals surface area contributed by atoms with Crippen molar-refractivity contribution in [2.45, 2.75) is 76.6 Å². The minimum Gasteiger partial charge on any atom is -0.741 e. The van der Waals surface area contributed by atoms with Gasteiger partial charge in [-0.25, -0.2) is 13.0 Å². The first kappa shape index (κ1) is 24.2. The summed E-state index contributed by atoms with van der Waals surface area (Å²) in [7, 11) is -3.96. The molecule has 0 saturated carbocycles. The highest BCUT2D eigenvalue weighted by molar-refractivity contribution is 7.86. The van der Waals surface area contributed by atoms with Gasteiger partial charge in [-0.05, 0) is 6.42 Å². The lowest BCUT2D eigenvalue weighted by atomic mass is 10.1. The number of halogens is 3. The van der Waals surface area contributed by atoms with Gasteiger partial charge in [-0.15, -0.1) is 0 Å². The lowest BCUT2D eigenvalue weighted by molar-refractivity contribution is -0.488. The molecule has 0 aromatic heterocycles. The molecule has 5 nitrogen and oxygen atoms in total. The molecule has 0 saturated heterocycles. The predicted molar refractivity (Wildman–Crippen MR) is 89.6 cm³/mol. The second-order valence-electron chi connectivity index (χ2n) is 6.14. The number of nitrogens with zero attached hydrogens (tertiary/aromatic N) is 1. The third-order valence-electron chi connectivity index (χ3n) is 3.90. The van der Waals surface area contributed by atoms with Crippen molar-refractivity contribution >= 4 is 16.0 Å². The van der Waals surface area contributed by atoms with Crippen LogP contribution in [-0.2, 0) is 14.9 Å². The van der Waals surface area contributed by atoms with Crippen LogP contribution in [0.4, 0.5) is 13.2 Å². The van der Waals surface area contributed by atoms with Crippen LogP contribution in [0, 0.1) is 0 Å². The first-order valence-electron chi connectivity index (χ1n) is 8.81. The molecule has 0 radical (unpaired) electrons. The van der Waals surface area contributed by atoms with E-state index in [0.717, 1.165) is 19.6 Å².